The van der Waals surface area contributed by atoms with Crippen molar-refractivity contribution in [3.8, 4) is 0 Å². The fourth-order valence-electron chi connectivity index (χ4n) is 0. The fraction of sp³-hybridized carbons (Fsp3) is 1.00. The smallest absolute Gasteiger partial charge is 0.0402 e. The molecule has 0 rings (SSSR count). The molecule has 5 heavy (non-hydrogen) atoms. The van der Waals surface area contributed by atoms with Gasteiger partial charge in [-0.3, -0.25) is 0 Å². The predicted octanol–water partition coefficient (Wildman–Crippen LogP) is -0.763. The van der Waals surface area contributed by atoms with Crippen molar-refractivity contribution in [2.45, 2.75) is 6.92 Å². The van der Waals surface area contributed by atoms with Gasteiger partial charge in [-0.05, 0) is 6.92 Å². The van der Waals surface area contributed by atoms with E-state index in [1.165, 1.54) is 0 Å². The molecule has 3 heteroatoms. The average Bonchev–Trinajstić information content (AvgIpc) is 0.918. The number of aliphatic hydroxyl groups is 1. The van der Waals surface area contributed by atoms with Gasteiger partial charge >= 0.3 is 0 Å². The topological polar surface area (TPSA) is 20.2 Å². The molecular weight excluding hydrogens is 118 g/mol. The molecule has 0 aromatic heterocycles. The van der Waals surface area contributed by atoms with Gasteiger partial charge in [0.15, 0.2) is 0 Å². The molecular formula is C2H6K2O. The second-order valence-electron chi connectivity index (χ2n) is 0.316. The SMILES string of the molecule is CCO.[K].[K]. The molecule has 0 bridgehead atoms. The van der Waals surface area contributed by atoms with Crippen molar-refractivity contribution in [2.24, 2.45) is 0 Å². The van der Waals surface area contributed by atoms with Crippen LogP contribution in [0, 0.1) is 0 Å². The van der Waals surface area contributed by atoms with Crippen molar-refractivity contribution in [2.75, 3.05) is 6.61 Å². The van der Waals surface area contributed by atoms with Crippen LogP contribution in [0.2, 0.25) is 0 Å². The summed E-state index contributed by atoms with van der Waals surface area (Å²) in [5.41, 5.74) is 0. The van der Waals surface area contributed by atoms with Crippen molar-refractivity contribution in [3.63, 3.8) is 0 Å². The summed E-state index contributed by atoms with van der Waals surface area (Å²) in [5.74, 6) is 0. The first kappa shape index (κ1) is 15.7. The quantitative estimate of drug-likeness (QED) is 0.421. The van der Waals surface area contributed by atoms with Crippen molar-refractivity contribution in [1.82, 2.24) is 0 Å². The normalized spacial score (nSPS) is 3.60. The molecule has 0 aromatic carbocycles. The number of hydrogen-bond donors (Lipinski definition) is 1. The van der Waals surface area contributed by atoms with E-state index in [0.717, 1.165) is 0 Å². The van der Waals surface area contributed by atoms with Gasteiger partial charge in [0.1, 0.15) is 0 Å². The molecule has 0 amide bonds. The molecule has 0 atom stereocenters. The molecule has 0 aliphatic carbocycles. The van der Waals surface area contributed by atoms with E-state index in [1.807, 2.05) is 0 Å². The van der Waals surface area contributed by atoms with Crippen molar-refractivity contribution < 1.29 is 5.11 Å². The second kappa shape index (κ2) is 15.7. The Morgan fingerprint density at radius 2 is 1.40 bits per heavy atom. The van der Waals surface area contributed by atoms with Crippen LogP contribution in [0.4, 0.5) is 0 Å². The van der Waals surface area contributed by atoms with E-state index in [9.17, 15) is 0 Å². The summed E-state index contributed by atoms with van der Waals surface area (Å²) in [6, 6.07) is 0. The van der Waals surface area contributed by atoms with Crippen molar-refractivity contribution >= 4 is 103 Å². The van der Waals surface area contributed by atoms with Gasteiger partial charge in [-0.15, -0.1) is 0 Å². The monoisotopic (exact) mass is 124 g/mol. The van der Waals surface area contributed by atoms with Crippen LogP contribution in [0.3, 0.4) is 0 Å². The van der Waals surface area contributed by atoms with E-state index in [4.69, 9.17) is 5.11 Å². The predicted molar refractivity (Wildman–Crippen MR) is 24.3 cm³/mol. The molecule has 0 fully saturated rings. The molecule has 1 N–H and O–H groups in total. The van der Waals surface area contributed by atoms with Crippen LogP contribution in [-0.4, -0.2) is 114 Å². The van der Waals surface area contributed by atoms with E-state index in [2.05, 4.69) is 0 Å². The summed E-state index contributed by atoms with van der Waals surface area (Å²) >= 11 is 0. The molecule has 0 aliphatic heterocycles. The van der Waals surface area contributed by atoms with E-state index >= 15 is 0 Å². The van der Waals surface area contributed by atoms with E-state index in [0.29, 0.717) is 0 Å². The summed E-state index contributed by atoms with van der Waals surface area (Å²) in [4.78, 5) is 0. The Morgan fingerprint density at radius 3 is 1.40 bits per heavy atom. The summed E-state index contributed by atoms with van der Waals surface area (Å²) in [6.45, 7) is 1.93. The Balaban J connectivity index is -0.0000000200. The first-order chi connectivity index (χ1) is 1.41. The summed E-state index contributed by atoms with van der Waals surface area (Å²) in [5, 5.41) is 7.57. The molecule has 1 nitrogen and oxygen atoms in total. The molecule has 0 unspecified atom stereocenters. The zero-order valence-electron chi connectivity index (χ0n) is 4.15. The summed E-state index contributed by atoms with van der Waals surface area (Å²) in [7, 11) is 0. The first-order valence-electron chi connectivity index (χ1n) is 1.02. The van der Waals surface area contributed by atoms with Gasteiger partial charge in [-0.25, -0.2) is 0 Å². The van der Waals surface area contributed by atoms with Gasteiger partial charge in [-0.1, -0.05) is 0 Å². The van der Waals surface area contributed by atoms with Crippen LogP contribution in [0.25, 0.3) is 0 Å². The third-order valence-corrected chi connectivity index (χ3v) is 0. The maximum absolute atomic E-state index is 7.57. The van der Waals surface area contributed by atoms with E-state index < -0.39 is 0 Å². The van der Waals surface area contributed by atoms with Crippen LogP contribution in [0.15, 0.2) is 0 Å². The van der Waals surface area contributed by atoms with Crippen LogP contribution >= 0.6 is 0 Å². The number of aliphatic hydroxyl groups excluding tert-OH is 1. The van der Waals surface area contributed by atoms with Gasteiger partial charge in [-0.2, -0.15) is 0 Å². The third kappa shape index (κ3) is 19.0. The minimum Gasteiger partial charge on any atom is -0.397 e. The average molecular weight is 124 g/mol. The maximum atomic E-state index is 7.57. The zero-order chi connectivity index (χ0) is 2.71. The molecule has 0 spiro atoms. The van der Waals surface area contributed by atoms with Crippen molar-refractivity contribution in [3.05, 3.63) is 0 Å². The Morgan fingerprint density at radius 1 is 1.40 bits per heavy atom. The van der Waals surface area contributed by atoms with E-state index in [1.54, 1.807) is 6.92 Å². The Bertz CT molecular complexity index is 7.61. The Hall–Kier alpha value is 3.23. The Kier molecular flexibility index (Phi) is 49.3. The van der Waals surface area contributed by atoms with E-state index in [-0.39, 0.29) is 109 Å². The Labute approximate surface area is 118 Å². The van der Waals surface area contributed by atoms with Crippen LogP contribution < -0.4 is 0 Å². The number of hydrogen-bond acceptors (Lipinski definition) is 1. The van der Waals surface area contributed by atoms with Gasteiger partial charge in [0.2, 0.25) is 0 Å². The zero-order valence-corrected chi connectivity index (χ0v) is 10.4. The number of rotatable bonds is 0. The minimum absolute atomic E-state index is 0. The van der Waals surface area contributed by atoms with Crippen LogP contribution in [0.5, 0.6) is 0 Å². The third-order valence-electron chi connectivity index (χ3n) is 0. The van der Waals surface area contributed by atoms with Crippen LogP contribution in [0.1, 0.15) is 6.92 Å². The van der Waals surface area contributed by atoms with Gasteiger partial charge in [0.25, 0.3) is 0 Å². The molecule has 0 saturated carbocycles. The maximum Gasteiger partial charge on any atom is 0.0402 e. The van der Waals surface area contributed by atoms with Gasteiger partial charge in [0.05, 0.1) is 0 Å². The standard InChI is InChI=1S/C2H6O.2K/c1-2-3;;/h3H,2H2,1H3;;. The molecule has 2 radical (unpaired) electrons. The molecule has 0 heterocycles. The molecule has 0 aliphatic rings. The fourth-order valence-corrected chi connectivity index (χ4v) is 0. The van der Waals surface area contributed by atoms with Crippen molar-refractivity contribution in [1.29, 1.82) is 0 Å². The first-order valence-corrected chi connectivity index (χ1v) is 1.02. The molecule has 0 saturated heterocycles. The summed E-state index contributed by atoms with van der Waals surface area (Å²) < 4.78 is 0. The van der Waals surface area contributed by atoms with Crippen LogP contribution in [-0.2, 0) is 0 Å². The second-order valence-corrected chi connectivity index (χ2v) is 0.316. The molecule has 0 aromatic rings. The minimum atomic E-state index is 0. The van der Waals surface area contributed by atoms with Gasteiger partial charge in [0, 0.05) is 109 Å². The summed E-state index contributed by atoms with van der Waals surface area (Å²) in [6.07, 6.45) is 0. The van der Waals surface area contributed by atoms with Gasteiger partial charge < -0.3 is 5.11 Å². The largest absolute Gasteiger partial charge is 0.397 e. The molecule has 22 valence electrons.